The number of allylic oxidation sites excluding steroid dienone is 1. The molecule has 0 spiro atoms. The highest BCUT2D eigenvalue weighted by atomic mass is 16.6. The summed E-state index contributed by atoms with van der Waals surface area (Å²) in [5.74, 6) is 0.629. The third-order valence-corrected chi connectivity index (χ3v) is 3.99. The van der Waals surface area contributed by atoms with Crippen LogP contribution in [-0.4, -0.2) is 31.7 Å². The lowest BCUT2D eigenvalue weighted by Crippen LogP contribution is -2.42. The van der Waals surface area contributed by atoms with Gasteiger partial charge in [-0.1, -0.05) is 37.3 Å². The van der Waals surface area contributed by atoms with Gasteiger partial charge in [0, 0.05) is 0 Å². The molecule has 1 amide bonds. The molecule has 1 aliphatic rings. The Labute approximate surface area is 143 Å². The molecule has 130 valence electrons. The number of benzene rings is 1. The van der Waals surface area contributed by atoms with Gasteiger partial charge in [-0.05, 0) is 38.0 Å². The third-order valence-electron chi connectivity index (χ3n) is 3.99. The summed E-state index contributed by atoms with van der Waals surface area (Å²) in [6, 6.07) is 7.98. The minimum Gasteiger partial charge on any atom is -0.479 e. The number of hydrogen-bond acceptors (Lipinski definition) is 4. The first-order valence-corrected chi connectivity index (χ1v) is 8.18. The molecule has 1 atom stereocenters. The van der Waals surface area contributed by atoms with Gasteiger partial charge in [0.2, 0.25) is 0 Å². The molecule has 5 nitrogen and oxygen atoms in total. The lowest BCUT2D eigenvalue weighted by atomic mass is 9.92. The van der Waals surface area contributed by atoms with Crippen LogP contribution in [0.2, 0.25) is 0 Å². The summed E-state index contributed by atoms with van der Waals surface area (Å²) in [6.07, 6.45) is -0.453. The number of aliphatic imine (C=N–C) groups is 1. The summed E-state index contributed by atoms with van der Waals surface area (Å²) in [5.41, 5.74) is 2.49. The third kappa shape index (κ3) is 4.60. The van der Waals surface area contributed by atoms with Crippen molar-refractivity contribution in [1.82, 2.24) is 5.32 Å². The van der Waals surface area contributed by atoms with E-state index in [0.717, 1.165) is 16.7 Å². The van der Waals surface area contributed by atoms with Crippen LogP contribution in [0.4, 0.5) is 4.79 Å². The van der Waals surface area contributed by atoms with E-state index in [1.54, 1.807) is 0 Å². The fraction of sp³-hybridized carbons (Fsp3) is 0.474. The minimum absolute atomic E-state index is 0.0342. The lowest BCUT2D eigenvalue weighted by Gasteiger charge is -2.27. The number of rotatable bonds is 6. The van der Waals surface area contributed by atoms with Gasteiger partial charge in [0.25, 0.3) is 0 Å². The van der Waals surface area contributed by atoms with Crippen LogP contribution in [-0.2, 0) is 15.0 Å². The Kier molecular flexibility index (Phi) is 5.65. The molecule has 0 aliphatic carbocycles. The average Bonchev–Trinajstić information content (AvgIpc) is 3.07. The zero-order chi connectivity index (χ0) is 17.7. The van der Waals surface area contributed by atoms with Crippen molar-refractivity contribution in [3.8, 4) is 0 Å². The first-order chi connectivity index (χ1) is 11.3. The molecule has 0 aromatic heterocycles. The Morgan fingerprint density at radius 2 is 2.25 bits per heavy atom. The van der Waals surface area contributed by atoms with Gasteiger partial charge in [-0.3, -0.25) is 4.99 Å². The van der Waals surface area contributed by atoms with Crippen LogP contribution in [0, 0.1) is 5.92 Å². The van der Waals surface area contributed by atoms with Crippen LogP contribution in [0.15, 0.2) is 35.8 Å². The fourth-order valence-electron chi connectivity index (χ4n) is 2.46. The molecule has 0 bridgehead atoms. The van der Waals surface area contributed by atoms with Gasteiger partial charge in [0.15, 0.2) is 5.90 Å². The van der Waals surface area contributed by atoms with Crippen molar-refractivity contribution in [2.24, 2.45) is 10.9 Å². The average molecular weight is 330 g/mol. The van der Waals surface area contributed by atoms with Gasteiger partial charge in [0.1, 0.15) is 13.2 Å². The largest absolute Gasteiger partial charge is 0.479 e. The second-order valence-electron chi connectivity index (χ2n) is 6.68. The highest BCUT2D eigenvalue weighted by Gasteiger charge is 2.25. The van der Waals surface area contributed by atoms with Crippen molar-refractivity contribution >= 4 is 17.6 Å². The zero-order valence-electron chi connectivity index (χ0n) is 14.9. The summed E-state index contributed by atoms with van der Waals surface area (Å²) in [4.78, 5) is 16.4. The number of nitrogens with zero attached hydrogens (tertiary/aromatic N) is 1. The molecule has 0 saturated carbocycles. The zero-order valence-corrected chi connectivity index (χ0v) is 14.9. The van der Waals surface area contributed by atoms with E-state index in [1.165, 1.54) is 0 Å². The van der Waals surface area contributed by atoms with E-state index in [-0.39, 0.29) is 12.5 Å². The molecule has 1 aromatic rings. The standard InChI is InChI=1S/C19H26N2O3/c1-13(2)15-7-6-8-16(11-15)19(4,5)21-18(22)24-12-14(3)17-20-9-10-23-17/h6-8,11,14H,1,9-10,12H2,2-5H3,(H,21,22). The Morgan fingerprint density at radius 3 is 2.88 bits per heavy atom. The quantitative estimate of drug-likeness (QED) is 0.864. The molecule has 2 rings (SSSR count). The van der Waals surface area contributed by atoms with E-state index < -0.39 is 11.6 Å². The summed E-state index contributed by atoms with van der Waals surface area (Å²) in [5, 5.41) is 2.91. The topological polar surface area (TPSA) is 59.9 Å². The smallest absolute Gasteiger partial charge is 0.407 e. The summed E-state index contributed by atoms with van der Waals surface area (Å²) in [6.45, 7) is 13.3. The fourth-order valence-corrected chi connectivity index (χ4v) is 2.46. The van der Waals surface area contributed by atoms with Crippen molar-refractivity contribution in [2.75, 3.05) is 19.8 Å². The Morgan fingerprint density at radius 1 is 1.50 bits per heavy atom. The van der Waals surface area contributed by atoms with E-state index in [9.17, 15) is 4.79 Å². The van der Waals surface area contributed by atoms with Gasteiger partial charge in [0.05, 0.1) is 18.0 Å². The Hall–Kier alpha value is -2.30. The maximum Gasteiger partial charge on any atom is 0.407 e. The second kappa shape index (κ2) is 7.51. The van der Waals surface area contributed by atoms with Crippen LogP contribution in [0.3, 0.4) is 0 Å². The van der Waals surface area contributed by atoms with E-state index in [2.05, 4.69) is 16.9 Å². The van der Waals surface area contributed by atoms with Gasteiger partial charge in [-0.2, -0.15) is 0 Å². The van der Waals surface area contributed by atoms with Gasteiger partial charge >= 0.3 is 6.09 Å². The number of carbonyl (C=O) groups is 1. The normalized spacial score (nSPS) is 15.2. The van der Waals surface area contributed by atoms with Gasteiger partial charge in [-0.15, -0.1) is 0 Å². The molecule has 0 fully saturated rings. The predicted molar refractivity (Wildman–Crippen MR) is 96.1 cm³/mol. The molecule has 0 radical (unpaired) electrons. The van der Waals surface area contributed by atoms with Crippen LogP contribution in [0.1, 0.15) is 38.8 Å². The second-order valence-corrected chi connectivity index (χ2v) is 6.68. The molecule has 1 aliphatic heterocycles. The first-order valence-electron chi connectivity index (χ1n) is 8.18. The number of alkyl carbamates (subject to hydrolysis) is 1. The van der Waals surface area contributed by atoms with Crippen LogP contribution < -0.4 is 5.32 Å². The molecule has 1 heterocycles. The van der Waals surface area contributed by atoms with Gasteiger partial charge < -0.3 is 14.8 Å². The lowest BCUT2D eigenvalue weighted by molar-refractivity contribution is 0.126. The Bertz CT molecular complexity index is 650. The maximum atomic E-state index is 12.1. The molecule has 0 saturated heterocycles. The van der Waals surface area contributed by atoms with E-state index >= 15 is 0 Å². The summed E-state index contributed by atoms with van der Waals surface area (Å²) >= 11 is 0. The number of hydrogen-bond donors (Lipinski definition) is 1. The highest BCUT2D eigenvalue weighted by molar-refractivity contribution is 5.80. The van der Waals surface area contributed by atoms with Crippen LogP contribution >= 0.6 is 0 Å². The van der Waals surface area contributed by atoms with E-state index in [0.29, 0.717) is 19.0 Å². The number of carbonyl (C=O) groups excluding carboxylic acids is 1. The van der Waals surface area contributed by atoms with Crippen LogP contribution in [0.25, 0.3) is 5.57 Å². The number of ether oxygens (including phenoxy) is 2. The summed E-state index contributed by atoms with van der Waals surface area (Å²) < 4.78 is 10.7. The predicted octanol–water partition coefficient (Wildman–Crippen LogP) is 3.75. The highest BCUT2D eigenvalue weighted by Crippen LogP contribution is 2.23. The monoisotopic (exact) mass is 330 g/mol. The van der Waals surface area contributed by atoms with Gasteiger partial charge in [-0.25, -0.2) is 4.79 Å². The minimum atomic E-state index is -0.548. The van der Waals surface area contributed by atoms with Crippen molar-refractivity contribution in [2.45, 2.75) is 33.2 Å². The molecule has 24 heavy (non-hydrogen) atoms. The molecular weight excluding hydrogens is 304 g/mol. The molecule has 1 aromatic carbocycles. The SMILES string of the molecule is C=C(C)c1cccc(C(C)(C)NC(=O)OCC(C)C2=NCCO2)c1. The van der Waals surface area contributed by atoms with Crippen molar-refractivity contribution in [1.29, 1.82) is 0 Å². The molecule has 1 N–H and O–H groups in total. The van der Waals surface area contributed by atoms with Crippen LogP contribution in [0.5, 0.6) is 0 Å². The van der Waals surface area contributed by atoms with Crippen molar-refractivity contribution < 1.29 is 14.3 Å². The van der Waals surface area contributed by atoms with Crippen molar-refractivity contribution in [3.05, 3.63) is 42.0 Å². The molecule has 5 heteroatoms. The van der Waals surface area contributed by atoms with Crippen molar-refractivity contribution in [3.63, 3.8) is 0 Å². The van der Waals surface area contributed by atoms with E-state index in [4.69, 9.17) is 9.47 Å². The summed E-state index contributed by atoms with van der Waals surface area (Å²) in [7, 11) is 0. The number of nitrogens with one attached hydrogen (secondary N) is 1. The Balaban J connectivity index is 1.94. The van der Waals surface area contributed by atoms with E-state index in [1.807, 2.05) is 52.0 Å². The maximum absolute atomic E-state index is 12.1. The molecule has 1 unspecified atom stereocenters. The number of amides is 1. The molecular formula is C19H26N2O3. The first kappa shape index (κ1) is 18.0.